The van der Waals surface area contributed by atoms with E-state index in [1.807, 2.05) is 6.07 Å². The van der Waals surface area contributed by atoms with Crippen molar-refractivity contribution in [3.63, 3.8) is 0 Å². The van der Waals surface area contributed by atoms with Gasteiger partial charge in [-0.3, -0.25) is 9.69 Å². The summed E-state index contributed by atoms with van der Waals surface area (Å²) in [4.78, 5) is 14.9. The molecular formula is C11H17N3OS. The summed E-state index contributed by atoms with van der Waals surface area (Å²) in [5, 5.41) is 4.93. The summed E-state index contributed by atoms with van der Waals surface area (Å²) < 4.78 is 0. The maximum atomic E-state index is 11.5. The molecule has 1 atom stereocenters. The van der Waals surface area contributed by atoms with Crippen molar-refractivity contribution in [2.75, 3.05) is 26.2 Å². The molecule has 0 spiro atoms. The van der Waals surface area contributed by atoms with Gasteiger partial charge in [0, 0.05) is 24.5 Å². The summed E-state index contributed by atoms with van der Waals surface area (Å²) >= 11 is 1.70. The molecule has 1 aromatic heterocycles. The number of nitrogens with zero attached hydrogens (tertiary/aromatic N) is 1. The number of carbonyl (C=O) groups excluding carboxylic acids is 1. The first kappa shape index (κ1) is 11.6. The van der Waals surface area contributed by atoms with Gasteiger partial charge in [-0.15, -0.1) is 11.3 Å². The second kappa shape index (κ2) is 5.43. The van der Waals surface area contributed by atoms with E-state index in [0.717, 1.165) is 19.5 Å². The zero-order chi connectivity index (χ0) is 11.4. The van der Waals surface area contributed by atoms with Crippen LogP contribution < -0.4 is 11.1 Å². The predicted octanol–water partition coefficient (Wildman–Crippen LogP) is 0.570. The fourth-order valence-electron chi connectivity index (χ4n) is 2.02. The summed E-state index contributed by atoms with van der Waals surface area (Å²) in [5.41, 5.74) is 5.82. The molecule has 1 fully saturated rings. The van der Waals surface area contributed by atoms with Crippen LogP contribution in [0.2, 0.25) is 0 Å². The van der Waals surface area contributed by atoms with Crippen LogP contribution >= 0.6 is 11.3 Å². The number of nitrogens with one attached hydrogen (secondary N) is 1. The highest BCUT2D eigenvalue weighted by molar-refractivity contribution is 7.10. The molecule has 1 aliphatic rings. The van der Waals surface area contributed by atoms with E-state index in [0.29, 0.717) is 13.1 Å². The molecular weight excluding hydrogens is 222 g/mol. The summed E-state index contributed by atoms with van der Waals surface area (Å²) in [6.45, 7) is 2.73. The first-order chi connectivity index (χ1) is 7.81. The smallest absolute Gasteiger partial charge is 0.234 e. The van der Waals surface area contributed by atoms with Crippen LogP contribution in [0.4, 0.5) is 0 Å². The van der Waals surface area contributed by atoms with Gasteiger partial charge in [-0.25, -0.2) is 0 Å². The highest BCUT2D eigenvalue weighted by atomic mass is 32.1. The molecule has 2 heterocycles. The van der Waals surface area contributed by atoms with Gasteiger partial charge in [0.2, 0.25) is 5.91 Å². The Labute approximate surface area is 99.4 Å². The molecule has 0 radical (unpaired) electrons. The van der Waals surface area contributed by atoms with Gasteiger partial charge in [0.25, 0.3) is 0 Å². The van der Waals surface area contributed by atoms with Crippen LogP contribution in [0.25, 0.3) is 0 Å². The van der Waals surface area contributed by atoms with Crippen LogP contribution in [-0.4, -0.2) is 37.0 Å². The summed E-state index contributed by atoms with van der Waals surface area (Å²) in [7, 11) is 0. The van der Waals surface area contributed by atoms with Crippen LogP contribution in [0.5, 0.6) is 0 Å². The van der Waals surface area contributed by atoms with E-state index in [9.17, 15) is 4.79 Å². The van der Waals surface area contributed by atoms with Crippen molar-refractivity contribution in [1.29, 1.82) is 0 Å². The maximum Gasteiger partial charge on any atom is 0.234 e. The highest BCUT2D eigenvalue weighted by Gasteiger charge is 2.23. The topological polar surface area (TPSA) is 58.4 Å². The van der Waals surface area contributed by atoms with Gasteiger partial charge in [0.1, 0.15) is 0 Å². The Kier molecular flexibility index (Phi) is 3.93. The Bertz CT molecular complexity index is 339. The molecule has 0 bridgehead atoms. The monoisotopic (exact) mass is 239 g/mol. The predicted molar refractivity (Wildman–Crippen MR) is 65.3 cm³/mol. The molecule has 4 nitrogen and oxygen atoms in total. The second-order valence-electron chi connectivity index (χ2n) is 3.94. The zero-order valence-electron chi connectivity index (χ0n) is 9.19. The van der Waals surface area contributed by atoms with E-state index >= 15 is 0 Å². The van der Waals surface area contributed by atoms with Crippen LogP contribution in [0.15, 0.2) is 17.5 Å². The number of hydrogen-bond acceptors (Lipinski definition) is 4. The van der Waals surface area contributed by atoms with Crippen LogP contribution in [0, 0.1) is 0 Å². The average molecular weight is 239 g/mol. The second-order valence-corrected chi connectivity index (χ2v) is 4.92. The Morgan fingerprint density at radius 1 is 1.62 bits per heavy atom. The summed E-state index contributed by atoms with van der Waals surface area (Å²) in [6, 6.07) is 4.30. The fourth-order valence-corrected chi connectivity index (χ4v) is 2.90. The number of hydrogen-bond donors (Lipinski definition) is 2. The molecule has 1 aliphatic heterocycles. The molecule has 1 saturated heterocycles. The Hall–Kier alpha value is -0.910. The van der Waals surface area contributed by atoms with E-state index in [-0.39, 0.29) is 11.9 Å². The van der Waals surface area contributed by atoms with Crippen LogP contribution in [-0.2, 0) is 4.79 Å². The first-order valence-electron chi connectivity index (χ1n) is 5.55. The van der Waals surface area contributed by atoms with Crippen LogP contribution in [0.1, 0.15) is 17.3 Å². The minimum Gasteiger partial charge on any atom is -0.355 e. The number of carbonyl (C=O) groups is 1. The number of rotatable bonds is 3. The third-order valence-electron chi connectivity index (χ3n) is 2.83. The molecule has 0 saturated carbocycles. The lowest BCUT2D eigenvalue weighted by molar-refractivity contribution is -0.121. The van der Waals surface area contributed by atoms with Crippen molar-refractivity contribution in [3.8, 4) is 0 Å². The quantitative estimate of drug-likeness (QED) is 0.811. The molecule has 5 heteroatoms. The fraction of sp³-hybridized carbons (Fsp3) is 0.545. The Morgan fingerprint density at radius 2 is 2.50 bits per heavy atom. The SMILES string of the molecule is NCC(c1cccs1)N1CCCNC(=O)C1. The molecule has 1 aromatic rings. The van der Waals surface area contributed by atoms with E-state index in [4.69, 9.17) is 5.73 Å². The van der Waals surface area contributed by atoms with Gasteiger partial charge in [-0.2, -0.15) is 0 Å². The van der Waals surface area contributed by atoms with Crippen molar-refractivity contribution >= 4 is 17.2 Å². The molecule has 1 amide bonds. The third kappa shape index (κ3) is 2.61. The maximum absolute atomic E-state index is 11.5. The van der Waals surface area contributed by atoms with Crippen molar-refractivity contribution < 1.29 is 4.79 Å². The molecule has 16 heavy (non-hydrogen) atoms. The zero-order valence-corrected chi connectivity index (χ0v) is 10.0. The van der Waals surface area contributed by atoms with E-state index in [1.165, 1.54) is 4.88 Å². The molecule has 3 N–H and O–H groups in total. The minimum absolute atomic E-state index is 0.104. The molecule has 2 rings (SSSR count). The molecule has 88 valence electrons. The summed E-state index contributed by atoms with van der Waals surface area (Å²) in [5.74, 6) is 0.104. The first-order valence-corrected chi connectivity index (χ1v) is 6.43. The van der Waals surface area contributed by atoms with Gasteiger partial charge >= 0.3 is 0 Å². The minimum atomic E-state index is 0.104. The molecule has 0 aromatic carbocycles. The largest absolute Gasteiger partial charge is 0.355 e. The lowest BCUT2D eigenvalue weighted by Gasteiger charge is -2.27. The number of thiophene rings is 1. The highest BCUT2D eigenvalue weighted by Crippen LogP contribution is 2.24. The van der Waals surface area contributed by atoms with Crippen molar-refractivity contribution in [2.45, 2.75) is 12.5 Å². The molecule has 1 unspecified atom stereocenters. The Morgan fingerprint density at radius 3 is 3.19 bits per heavy atom. The normalized spacial score (nSPS) is 20.2. The Balaban J connectivity index is 2.10. The van der Waals surface area contributed by atoms with Gasteiger partial charge < -0.3 is 11.1 Å². The van der Waals surface area contributed by atoms with Crippen molar-refractivity contribution in [2.24, 2.45) is 5.73 Å². The van der Waals surface area contributed by atoms with Crippen molar-refractivity contribution in [1.82, 2.24) is 10.2 Å². The van der Waals surface area contributed by atoms with Gasteiger partial charge in [0.15, 0.2) is 0 Å². The average Bonchev–Trinajstić information content (AvgIpc) is 2.70. The van der Waals surface area contributed by atoms with Gasteiger partial charge in [-0.1, -0.05) is 6.07 Å². The number of amides is 1. The lowest BCUT2D eigenvalue weighted by Crippen LogP contribution is -2.38. The van der Waals surface area contributed by atoms with Crippen LogP contribution in [0.3, 0.4) is 0 Å². The molecule has 0 aliphatic carbocycles. The third-order valence-corrected chi connectivity index (χ3v) is 3.80. The van der Waals surface area contributed by atoms with Gasteiger partial charge in [-0.05, 0) is 17.9 Å². The standard InChI is InChI=1S/C11H17N3OS/c12-7-9(10-3-1-6-16-10)14-5-2-4-13-11(15)8-14/h1,3,6,9H,2,4-5,7-8,12H2,(H,13,15). The van der Waals surface area contributed by atoms with E-state index in [1.54, 1.807) is 11.3 Å². The number of nitrogens with two attached hydrogens (primary N) is 1. The summed E-state index contributed by atoms with van der Waals surface area (Å²) in [6.07, 6.45) is 0.994. The lowest BCUT2D eigenvalue weighted by atomic mass is 10.2. The van der Waals surface area contributed by atoms with E-state index in [2.05, 4.69) is 21.7 Å². The van der Waals surface area contributed by atoms with Gasteiger partial charge in [0.05, 0.1) is 12.6 Å². The van der Waals surface area contributed by atoms with Crippen molar-refractivity contribution in [3.05, 3.63) is 22.4 Å². The van der Waals surface area contributed by atoms with E-state index < -0.39 is 0 Å².